The fraction of sp³-hybridized carbons (Fsp3) is 0.909. The maximum atomic E-state index is 9.70. The second-order valence-electron chi connectivity index (χ2n) is 9.25. The zero-order valence-corrected chi connectivity index (χ0v) is 19.3. The Morgan fingerprint density at radius 2 is 1.00 bits per heavy atom. The monoisotopic (exact) mass is 392 g/mol. The molecule has 2 atom stereocenters. The number of hydrogen-bond acceptors (Lipinski definition) is 6. The van der Waals surface area contributed by atoms with Crippen LogP contribution in [0, 0.1) is 22.7 Å². The summed E-state index contributed by atoms with van der Waals surface area (Å²) in [5.74, 6) is 0. The van der Waals surface area contributed by atoms with Crippen LogP contribution < -0.4 is 0 Å². The molecule has 2 unspecified atom stereocenters. The van der Waals surface area contributed by atoms with Crippen LogP contribution in [0.4, 0.5) is 0 Å². The molecule has 0 N–H and O–H groups in total. The molecule has 6 heteroatoms. The van der Waals surface area contributed by atoms with Crippen LogP contribution in [0.25, 0.3) is 0 Å². The van der Waals surface area contributed by atoms with Crippen molar-refractivity contribution in [3.63, 3.8) is 0 Å². The van der Waals surface area contributed by atoms with Crippen LogP contribution in [0.5, 0.6) is 0 Å². The molecule has 0 aromatic heterocycles. The normalized spacial score (nSPS) is 16.9. The van der Waals surface area contributed by atoms with Gasteiger partial charge in [0.1, 0.15) is 0 Å². The molecule has 0 aliphatic rings. The van der Waals surface area contributed by atoms with Crippen LogP contribution in [-0.2, 0) is 9.47 Å². The highest BCUT2D eigenvalue weighted by atomic mass is 16.5. The molecule has 0 saturated heterocycles. The quantitative estimate of drug-likeness (QED) is 0.269. The van der Waals surface area contributed by atoms with E-state index in [-0.39, 0.29) is 0 Å². The summed E-state index contributed by atoms with van der Waals surface area (Å²) in [6.45, 7) is 16.8. The van der Waals surface area contributed by atoms with Crippen molar-refractivity contribution in [3.05, 3.63) is 0 Å². The summed E-state index contributed by atoms with van der Waals surface area (Å²) < 4.78 is 11.8. The number of ether oxygens (including phenoxy) is 2. The summed E-state index contributed by atoms with van der Waals surface area (Å²) in [5.41, 5.74) is -3.10. The predicted molar refractivity (Wildman–Crippen MR) is 112 cm³/mol. The van der Waals surface area contributed by atoms with Gasteiger partial charge in [-0.15, -0.1) is 0 Å². The molecule has 0 rings (SSSR count). The van der Waals surface area contributed by atoms with E-state index in [0.717, 1.165) is 25.7 Å². The average molecular weight is 393 g/mol. The van der Waals surface area contributed by atoms with E-state index in [1.165, 1.54) is 0 Å². The zero-order chi connectivity index (χ0) is 21.9. The van der Waals surface area contributed by atoms with Crippen LogP contribution in [0.2, 0.25) is 0 Å². The first-order valence-electron chi connectivity index (χ1n) is 10.4. The largest absolute Gasteiger partial charge is 0.375 e. The Morgan fingerprint density at radius 1 is 0.679 bits per heavy atom. The van der Waals surface area contributed by atoms with Gasteiger partial charge in [0.25, 0.3) is 0 Å². The van der Waals surface area contributed by atoms with Crippen molar-refractivity contribution < 1.29 is 9.47 Å². The predicted octanol–water partition coefficient (Wildman–Crippen LogP) is 5.97. The van der Waals surface area contributed by atoms with E-state index in [9.17, 15) is 10.5 Å². The second-order valence-corrected chi connectivity index (χ2v) is 9.25. The van der Waals surface area contributed by atoms with E-state index in [0.29, 0.717) is 26.1 Å². The van der Waals surface area contributed by atoms with Crippen LogP contribution in [0.1, 0.15) is 93.9 Å². The van der Waals surface area contributed by atoms with E-state index in [2.05, 4.69) is 36.2 Å². The SMILES string of the molecule is CCCCOC(C)(C)CC(C)(C#N)N=NC(C)(C#N)CC(C)(C)OCCCC. The Labute approximate surface area is 172 Å². The summed E-state index contributed by atoms with van der Waals surface area (Å²) in [5, 5.41) is 28.0. The molecule has 6 nitrogen and oxygen atoms in total. The molecular weight excluding hydrogens is 352 g/mol. The molecule has 28 heavy (non-hydrogen) atoms. The molecule has 0 aliphatic heterocycles. The third-order valence-electron chi connectivity index (χ3n) is 4.49. The van der Waals surface area contributed by atoms with Crippen LogP contribution >= 0.6 is 0 Å². The third-order valence-corrected chi connectivity index (χ3v) is 4.49. The van der Waals surface area contributed by atoms with E-state index in [1.807, 2.05) is 27.7 Å². The average Bonchev–Trinajstić information content (AvgIpc) is 2.59. The number of hydrogen-bond donors (Lipinski definition) is 0. The highest BCUT2D eigenvalue weighted by Gasteiger charge is 2.37. The van der Waals surface area contributed by atoms with Gasteiger partial charge in [0, 0.05) is 26.1 Å². The number of azo groups is 1. The molecule has 0 aromatic rings. The summed E-state index contributed by atoms with van der Waals surface area (Å²) in [7, 11) is 0. The topological polar surface area (TPSA) is 90.8 Å². The van der Waals surface area contributed by atoms with E-state index >= 15 is 0 Å². The minimum atomic E-state index is -1.05. The maximum Gasteiger partial charge on any atom is 0.167 e. The first-order valence-corrected chi connectivity index (χ1v) is 10.4. The first-order chi connectivity index (χ1) is 12.9. The molecule has 0 saturated carbocycles. The number of nitriles is 2. The molecule has 0 amide bonds. The van der Waals surface area contributed by atoms with Gasteiger partial charge in [-0.25, -0.2) is 0 Å². The Hall–Kier alpha value is -1.50. The molecule has 0 bridgehead atoms. The lowest BCUT2D eigenvalue weighted by Crippen LogP contribution is -2.38. The highest BCUT2D eigenvalue weighted by molar-refractivity contribution is 5.10. The second kappa shape index (κ2) is 11.5. The molecule has 0 fully saturated rings. The van der Waals surface area contributed by atoms with Crippen molar-refractivity contribution in [2.75, 3.05) is 13.2 Å². The van der Waals surface area contributed by atoms with Crippen molar-refractivity contribution in [2.45, 2.75) is 116 Å². The highest BCUT2D eigenvalue weighted by Crippen LogP contribution is 2.31. The van der Waals surface area contributed by atoms with Crippen LogP contribution in [-0.4, -0.2) is 35.5 Å². The fourth-order valence-corrected chi connectivity index (χ4v) is 3.16. The molecule has 0 radical (unpaired) electrons. The van der Waals surface area contributed by atoms with Crippen molar-refractivity contribution in [3.8, 4) is 12.1 Å². The Morgan fingerprint density at radius 3 is 1.25 bits per heavy atom. The van der Waals surface area contributed by atoms with Crippen molar-refractivity contribution in [1.29, 1.82) is 10.5 Å². The van der Waals surface area contributed by atoms with E-state index < -0.39 is 22.3 Å². The van der Waals surface area contributed by atoms with Gasteiger partial charge in [-0.1, -0.05) is 26.7 Å². The smallest absolute Gasteiger partial charge is 0.167 e. The van der Waals surface area contributed by atoms with Gasteiger partial charge in [-0.2, -0.15) is 20.8 Å². The minimum Gasteiger partial charge on any atom is -0.375 e. The summed E-state index contributed by atoms with van der Waals surface area (Å²) in [6.07, 6.45) is 4.88. The molecule has 160 valence electrons. The summed E-state index contributed by atoms with van der Waals surface area (Å²) in [4.78, 5) is 0. The minimum absolute atomic E-state index is 0.404. The molecule has 0 aliphatic carbocycles. The molecule has 0 heterocycles. The summed E-state index contributed by atoms with van der Waals surface area (Å²) >= 11 is 0. The van der Waals surface area contributed by atoms with Gasteiger partial charge in [-0.3, -0.25) is 0 Å². The number of nitrogens with zero attached hydrogens (tertiary/aromatic N) is 4. The van der Waals surface area contributed by atoms with Gasteiger partial charge >= 0.3 is 0 Å². The van der Waals surface area contributed by atoms with E-state index in [4.69, 9.17) is 9.47 Å². The van der Waals surface area contributed by atoms with Crippen molar-refractivity contribution in [1.82, 2.24) is 0 Å². The van der Waals surface area contributed by atoms with E-state index in [1.54, 1.807) is 13.8 Å². The first kappa shape index (κ1) is 26.5. The Bertz CT molecular complexity index is 524. The van der Waals surface area contributed by atoms with Gasteiger partial charge in [0.2, 0.25) is 0 Å². The molecule has 0 aromatic carbocycles. The lowest BCUT2D eigenvalue weighted by molar-refractivity contribution is -0.0362. The maximum absolute atomic E-state index is 9.70. The van der Waals surface area contributed by atoms with Crippen molar-refractivity contribution >= 4 is 0 Å². The van der Waals surface area contributed by atoms with Gasteiger partial charge in [0.15, 0.2) is 11.1 Å². The van der Waals surface area contributed by atoms with Gasteiger partial charge < -0.3 is 9.47 Å². The Kier molecular flexibility index (Phi) is 10.9. The molecular formula is C22H40N4O2. The summed E-state index contributed by atoms with van der Waals surface area (Å²) in [6, 6.07) is 4.49. The number of rotatable bonds is 14. The van der Waals surface area contributed by atoms with Crippen molar-refractivity contribution in [2.24, 2.45) is 10.2 Å². The van der Waals surface area contributed by atoms with Crippen LogP contribution in [0.15, 0.2) is 10.2 Å². The fourth-order valence-electron chi connectivity index (χ4n) is 3.16. The van der Waals surface area contributed by atoms with Gasteiger partial charge in [-0.05, 0) is 54.4 Å². The lowest BCUT2D eigenvalue weighted by Gasteiger charge is -2.32. The zero-order valence-electron chi connectivity index (χ0n) is 19.3. The third kappa shape index (κ3) is 10.7. The Balaban J connectivity index is 5.20. The van der Waals surface area contributed by atoms with Crippen LogP contribution in [0.3, 0.4) is 0 Å². The lowest BCUT2D eigenvalue weighted by atomic mass is 9.88. The number of unbranched alkanes of at least 4 members (excludes halogenated alkanes) is 2. The standard InChI is InChI=1S/C22H40N4O2/c1-9-11-13-27-19(3,4)15-21(7,17-23)25-26-22(8,18-24)16-20(5,6)28-14-12-10-2/h9-16H2,1-8H3. The van der Waals surface area contributed by atoms with Gasteiger partial charge in [0.05, 0.1) is 23.3 Å². The molecule has 0 spiro atoms.